The summed E-state index contributed by atoms with van der Waals surface area (Å²) in [7, 11) is 0. The van der Waals surface area contributed by atoms with Crippen molar-refractivity contribution < 1.29 is 9.59 Å². The number of nitrogens with zero attached hydrogens (tertiary/aromatic N) is 2. The molecule has 2 amide bonds. The second-order valence-corrected chi connectivity index (χ2v) is 5.62. The van der Waals surface area contributed by atoms with E-state index in [1.807, 2.05) is 22.9 Å². The topological polar surface area (TPSA) is 102 Å². The van der Waals surface area contributed by atoms with Crippen molar-refractivity contribution in [3.8, 4) is 5.69 Å². The van der Waals surface area contributed by atoms with Gasteiger partial charge in [-0.3, -0.25) is 9.59 Å². The van der Waals surface area contributed by atoms with Gasteiger partial charge in [0.05, 0.1) is 11.9 Å². The lowest BCUT2D eigenvalue weighted by molar-refractivity contribution is 0.0928. The van der Waals surface area contributed by atoms with E-state index in [0.29, 0.717) is 29.9 Å². The number of imidazole rings is 1. The van der Waals surface area contributed by atoms with Crippen molar-refractivity contribution in [3.05, 3.63) is 78.4 Å². The van der Waals surface area contributed by atoms with Crippen LogP contribution < -0.4 is 16.4 Å². The number of aromatic nitrogens is 2. The number of benzene rings is 2. The number of anilines is 1. The molecule has 0 atom stereocenters. The molecule has 1 heterocycles. The molecule has 2 aromatic carbocycles. The fourth-order valence-electron chi connectivity index (χ4n) is 2.45. The molecule has 26 heavy (non-hydrogen) atoms. The van der Waals surface area contributed by atoms with Crippen LogP contribution in [0.4, 0.5) is 5.69 Å². The number of hydrogen-bond donors (Lipinski definition) is 3. The highest BCUT2D eigenvalue weighted by Gasteiger charge is 2.09. The zero-order chi connectivity index (χ0) is 18.4. The number of amides is 2. The van der Waals surface area contributed by atoms with Crippen molar-refractivity contribution in [3.63, 3.8) is 0 Å². The van der Waals surface area contributed by atoms with E-state index in [4.69, 9.17) is 5.73 Å². The fraction of sp³-hybridized carbons (Fsp3) is 0.105. The summed E-state index contributed by atoms with van der Waals surface area (Å²) in [4.78, 5) is 28.2. The lowest BCUT2D eigenvalue weighted by Crippen LogP contribution is -2.34. The maximum Gasteiger partial charge on any atom is 0.253 e. The maximum atomic E-state index is 12.1. The van der Waals surface area contributed by atoms with Crippen LogP contribution in [0.25, 0.3) is 5.69 Å². The average Bonchev–Trinajstić information content (AvgIpc) is 3.20. The van der Waals surface area contributed by atoms with Gasteiger partial charge in [-0.1, -0.05) is 12.1 Å². The van der Waals surface area contributed by atoms with Gasteiger partial charge in [-0.2, -0.15) is 0 Å². The van der Waals surface area contributed by atoms with Crippen LogP contribution in [0.15, 0.2) is 67.3 Å². The van der Waals surface area contributed by atoms with Gasteiger partial charge in [-0.05, 0) is 36.4 Å². The van der Waals surface area contributed by atoms with Crippen molar-refractivity contribution in [1.82, 2.24) is 20.2 Å². The lowest BCUT2D eigenvalue weighted by Gasteiger charge is -2.09. The molecule has 0 radical (unpaired) electrons. The fourth-order valence-corrected chi connectivity index (χ4v) is 2.45. The van der Waals surface area contributed by atoms with Gasteiger partial charge in [-0.25, -0.2) is 4.98 Å². The van der Waals surface area contributed by atoms with Gasteiger partial charge in [0.1, 0.15) is 0 Å². The highest BCUT2D eigenvalue weighted by atomic mass is 16.2. The summed E-state index contributed by atoms with van der Waals surface area (Å²) < 4.78 is 1.85. The third-order valence-corrected chi connectivity index (χ3v) is 3.83. The maximum absolute atomic E-state index is 12.1. The van der Waals surface area contributed by atoms with Gasteiger partial charge >= 0.3 is 0 Å². The van der Waals surface area contributed by atoms with Gasteiger partial charge < -0.3 is 20.9 Å². The summed E-state index contributed by atoms with van der Waals surface area (Å²) in [5.74, 6) is -0.460. The van der Waals surface area contributed by atoms with E-state index in [1.165, 1.54) is 0 Å². The Morgan fingerprint density at radius 2 is 1.65 bits per heavy atom. The first kappa shape index (κ1) is 17.2. The SMILES string of the molecule is Nc1ccccc1C(=O)NCCNC(=O)c1ccc(-n2ccnc2)cc1. The summed E-state index contributed by atoms with van der Waals surface area (Å²) in [5.41, 5.74) is 8.08. The molecule has 0 unspecified atom stereocenters. The Hall–Kier alpha value is -3.61. The number of carbonyl (C=O) groups is 2. The number of nitrogen functional groups attached to an aromatic ring is 1. The Morgan fingerprint density at radius 3 is 2.31 bits per heavy atom. The molecular formula is C19H19N5O2. The van der Waals surface area contributed by atoms with E-state index in [-0.39, 0.29) is 11.8 Å². The molecule has 7 heteroatoms. The zero-order valence-corrected chi connectivity index (χ0v) is 14.1. The Bertz CT molecular complexity index is 889. The van der Waals surface area contributed by atoms with E-state index in [1.54, 1.807) is 48.9 Å². The number of carbonyl (C=O) groups excluding carboxylic acids is 2. The van der Waals surface area contributed by atoms with Crippen molar-refractivity contribution in [2.45, 2.75) is 0 Å². The molecule has 0 spiro atoms. The molecule has 0 bridgehead atoms. The van der Waals surface area contributed by atoms with Crippen LogP contribution in [0.5, 0.6) is 0 Å². The van der Waals surface area contributed by atoms with Crippen LogP contribution in [-0.2, 0) is 0 Å². The first-order valence-electron chi connectivity index (χ1n) is 8.14. The van der Waals surface area contributed by atoms with Crippen LogP contribution in [0.3, 0.4) is 0 Å². The minimum atomic E-state index is -0.262. The molecule has 4 N–H and O–H groups in total. The van der Waals surface area contributed by atoms with Crippen molar-refractivity contribution >= 4 is 17.5 Å². The van der Waals surface area contributed by atoms with Gasteiger partial charge in [-0.15, -0.1) is 0 Å². The molecule has 0 saturated heterocycles. The Labute approximate surface area is 150 Å². The van der Waals surface area contributed by atoms with Gasteiger partial charge in [0.2, 0.25) is 0 Å². The molecule has 3 rings (SSSR count). The molecule has 132 valence electrons. The summed E-state index contributed by atoms with van der Waals surface area (Å²) in [5, 5.41) is 5.50. The Balaban J connectivity index is 1.47. The van der Waals surface area contributed by atoms with Gasteiger partial charge in [0, 0.05) is 42.4 Å². The molecule has 0 saturated carbocycles. The smallest absolute Gasteiger partial charge is 0.253 e. The van der Waals surface area contributed by atoms with Crippen LogP contribution in [0.1, 0.15) is 20.7 Å². The third-order valence-electron chi connectivity index (χ3n) is 3.83. The standard InChI is InChI=1S/C19H19N5O2/c20-17-4-2-1-3-16(17)19(26)23-10-9-22-18(25)14-5-7-15(8-6-14)24-12-11-21-13-24/h1-8,11-13H,9-10,20H2,(H,22,25)(H,23,26). The minimum Gasteiger partial charge on any atom is -0.398 e. The van der Waals surface area contributed by atoms with Crippen LogP contribution >= 0.6 is 0 Å². The number of rotatable bonds is 6. The molecule has 3 aromatic rings. The molecule has 1 aromatic heterocycles. The number of nitrogens with one attached hydrogen (secondary N) is 2. The number of para-hydroxylation sites is 1. The first-order chi connectivity index (χ1) is 12.6. The zero-order valence-electron chi connectivity index (χ0n) is 14.1. The monoisotopic (exact) mass is 349 g/mol. The van der Waals surface area contributed by atoms with Gasteiger partial charge in [0.25, 0.3) is 11.8 Å². The summed E-state index contributed by atoms with van der Waals surface area (Å²) in [6.07, 6.45) is 5.21. The van der Waals surface area contributed by atoms with E-state index in [0.717, 1.165) is 5.69 Å². The third kappa shape index (κ3) is 4.07. The minimum absolute atomic E-state index is 0.198. The molecule has 0 aliphatic carbocycles. The Morgan fingerprint density at radius 1 is 0.962 bits per heavy atom. The van der Waals surface area contributed by atoms with Gasteiger partial charge in [0.15, 0.2) is 0 Å². The van der Waals surface area contributed by atoms with Crippen LogP contribution in [0, 0.1) is 0 Å². The molecule has 0 aliphatic heterocycles. The Kier molecular flexibility index (Phi) is 5.28. The van der Waals surface area contributed by atoms with Crippen molar-refractivity contribution in [2.75, 3.05) is 18.8 Å². The molecule has 0 fully saturated rings. The molecular weight excluding hydrogens is 330 g/mol. The average molecular weight is 349 g/mol. The summed E-state index contributed by atoms with van der Waals surface area (Å²) >= 11 is 0. The quantitative estimate of drug-likeness (QED) is 0.465. The predicted octanol–water partition coefficient (Wildman–Crippen LogP) is 1.61. The lowest BCUT2D eigenvalue weighted by atomic mass is 10.1. The van der Waals surface area contributed by atoms with E-state index < -0.39 is 0 Å². The normalized spacial score (nSPS) is 10.3. The van der Waals surface area contributed by atoms with Crippen molar-refractivity contribution in [2.24, 2.45) is 0 Å². The largest absolute Gasteiger partial charge is 0.398 e. The van der Waals surface area contributed by atoms with E-state index in [9.17, 15) is 9.59 Å². The number of nitrogens with two attached hydrogens (primary N) is 1. The predicted molar refractivity (Wildman–Crippen MR) is 99.1 cm³/mol. The second kappa shape index (κ2) is 7.98. The van der Waals surface area contributed by atoms with E-state index in [2.05, 4.69) is 15.6 Å². The highest BCUT2D eigenvalue weighted by Crippen LogP contribution is 2.10. The van der Waals surface area contributed by atoms with Crippen molar-refractivity contribution in [1.29, 1.82) is 0 Å². The first-order valence-corrected chi connectivity index (χ1v) is 8.14. The summed E-state index contributed by atoms with van der Waals surface area (Å²) in [6.45, 7) is 0.632. The number of hydrogen-bond acceptors (Lipinski definition) is 4. The molecule has 0 aliphatic rings. The molecule has 7 nitrogen and oxygen atoms in total. The van der Waals surface area contributed by atoms with Crippen LogP contribution in [-0.4, -0.2) is 34.5 Å². The second-order valence-electron chi connectivity index (χ2n) is 5.62. The van der Waals surface area contributed by atoms with Crippen LogP contribution in [0.2, 0.25) is 0 Å². The highest BCUT2D eigenvalue weighted by molar-refractivity contribution is 5.99. The summed E-state index contributed by atoms with van der Waals surface area (Å²) in [6, 6.07) is 14.0. The van der Waals surface area contributed by atoms with E-state index >= 15 is 0 Å².